The van der Waals surface area contributed by atoms with E-state index in [0.717, 1.165) is 24.9 Å². The fourth-order valence-corrected chi connectivity index (χ4v) is 6.22. The number of rotatable bonds is 6. The Morgan fingerprint density at radius 3 is 2.97 bits per heavy atom. The molecule has 1 amide bonds. The van der Waals surface area contributed by atoms with Gasteiger partial charge in [0, 0.05) is 18.0 Å². The van der Waals surface area contributed by atoms with Crippen LogP contribution in [0.25, 0.3) is 16.7 Å². The third-order valence-electron chi connectivity index (χ3n) is 5.92. The van der Waals surface area contributed by atoms with Crippen molar-refractivity contribution in [1.29, 1.82) is 0 Å². The maximum atomic E-state index is 13.2. The summed E-state index contributed by atoms with van der Waals surface area (Å²) in [6, 6.07) is 9.69. The summed E-state index contributed by atoms with van der Waals surface area (Å²) in [5.41, 5.74) is 1.90. The number of hydrogen-bond donors (Lipinski definition) is 0. The number of aromatic nitrogens is 4. The molecule has 0 fully saturated rings. The highest BCUT2D eigenvalue weighted by molar-refractivity contribution is 7.99. The summed E-state index contributed by atoms with van der Waals surface area (Å²) in [7, 11) is 0. The summed E-state index contributed by atoms with van der Waals surface area (Å²) in [4.78, 5) is 29.5. The first-order chi connectivity index (χ1) is 15.6. The molecule has 7 nitrogen and oxygen atoms in total. The molecule has 0 saturated carbocycles. The van der Waals surface area contributed by atoms with Gasteiger partial charge in [0.1, 0.15) is 0 Å². The highest BCUT2D eigenvalue weighted by Gasteiger charge is 2.30. The Hall–Kier alpha value is -2.91. The van der Waals surface area contributed by atoms with Crippen molar-refractivity contribution in [2.45, 2.75) is 37.5 Å². The molecule has 4 heterocycles. The fourth-order valence-electron chi connectivity index (χ4n) is 4.47. The van der Waals surface area contributed by atoms with Crippen molar-refractivity contribution >= 4 is 45.7 Å². The molecule has 4 aromatic rings. The number of thioether (sulfide) groups is 1. The Labute approximate surface area is 193 Å². The van der Waals surface area contributed by atoms with Crippen LogP contribution >= 0.6 is 23.1 Å². The summed E-state index contributed by atoms with van der Waals surface area (Å²) in [5.74, 6) is 0.820. The number of carbonyl (C=O) groups is 1. The van der Waals surface area contributed by atoms with Crippen LogP contribution in [-0.2, 0) is 17.8 Å². The lowest BCUT2D eigenvalue weighted by atomic mass is 9.98. The molecule has 1 aliphatic heterocycles. The third-order valence-corrected chi connectivity index (χ3v) is 7.83. The van der Waals surface area contributed by atoms with Gasteiger partial charge in [-0.1, -0.05) is 36.9 Å². The van der Waals surface area contributed by atoms with Gasteiger partial charge in [0.2, 0.25) is 11.7 Å². The van der Waals surface area contributed by atoms with E-state index >= 15 is 0 Å². The van der Waals surface area contributed by atoms with Crippen molar-refractivity contribution in [2.75, 3.05) is 12.3 Å². The van der Waals surface area contributed by atoms with E-state index in [1.807, 2.05) is 27.5 Å². The minimum absolute atomic E-state index is 0.0965. The van der Waals surface area contributed by atoms with Gasteiger partial charge in [0.15, 0.2) is 5.16 Å². The van der Waals surface area contributed by atoms with Crippen molar-refractivity contribution in [2.24, 2.45) is 0 Å². The minimum Gasteiger partial charge on any atom is -0.335 e. The summed E-state index contributed by atoms with van der Waals surface area (Å²) >= 11 is 3.14. The number of thiophene rings is 1. The van der Waals surface area contributed by atoms with E-state index < -0.39 is 0 Å². The molecule has 0 spiro atoms. The lowest BCUT2D eigenvalue weighted by Gasteiger charge is -2.35. The van der Waals surface area contributed by atoms with E-state index in [2.05, 4.69) is 35.1 Å². The first-order valence-corrected chi connectivity index (χ1v) is 12.5. The van der Waals surface area contributed by atoms with Crippen molar-refractivity contribution in [1.82, 2.24) is 24.1 Å². The first-order valence-electron chi connectivity index (χ1n) is 10.6. The van der Waals surface area contributed by atoms with Crippen LogP contribution < -0.4 is 5.56 Å². The normalized spacial score (nSPS) is 15.9. The molecule has 32 heavy (non-hydrogen) atoms. The standard InChI is InChI=1S/C23H23N5O2S2/c1-3-11-27-21(30)16-7-5-6-8-18(16)28-22(27)24-25-23(28)32-14-20(29)26-12-9-19-15(10-13-31-19)17(26)4-2/h3,5-8,10,13,17H,1,4,9,11-12,14H2,2H3. The quantitative estimate of drug-likeness (QED) is 0.319. The molecule has 164 valence electrons. The Kier molecular flexibility index (Phi) is 5.60. The molecule has 9 heteroatoms. The molecule has 0 N–H and O–H groups in total. The molecule has 0 aliphatic carbocycles. The molecule has 1 unspecified atom stereocenters. The second-order valence-corrected chi connectivity index (χ2v) is 9.63. The van der Waals surface area contributed by atoms with Crippen molar-refractivity contribution in [3.8, 4) is 0 Å². The second-order valence-electron chi connectivity index (χ2n) is 7.69. The van der Waals surface area contributed by atoms with Crippen molar-refractivity contribution in [3.63, 3.8) is 0 Å². The molecule has 1 aromatic carbocycles. The summed E-state index contributed by atoms with van der Waals surface area (Å²) in [5, 5.41) is 11.9. The maximum absolute atomic E-state index is 13.2. The lowest BCUT2D eigenvalue weighted by Crippen LogP contribution is -2.40. The summed E-state index contributed by atoms with van der Waals surface area (Å²) in [6.07, 6.45) is 3.47. The van der Waals surface area contributed by atoms with E-state index in [0.29, 0.717) is 22.9 Å². The monoisotopic (exact) mass is 465 g/mol. The molecule has 0 saturated heterocycles. The summed E-state index contributed by atoms with van der Waals surface area (Å²) < 4.78 is 3.42. The summed E-state index contributed by atoms with van der Waals surface area (Å²) in [6.45, 7) is 6.97. The van der Waals surface area contributed by atoms with E-state index in [1.54, 1.807) is 28.0 Å². The molecule has 1 atom stereocenters. The van der Waals surface area contributed by atoms with Crippen LogP contribution in [-0.4, -0.2) is 42.3 Å². The lowest BCUT2D eigenvalue weighted by molar-refractivity contribution is -0.131. The number of amides is 1. The predicted molar refractivity (Wildman–Crippen MR) is 128 cm³/mol. The molecule has 1 aliphatic rings. The largest absolute Gasteiger partial charge is 0.335 e. The van der Waals surface area contributed by atoms with Crippen LogP contribution in [0, 0.1) is 0 Å². The van der Waals surface area contributed by atoms with Gasteiger partial charge in [-0.25, -0.2) is 0 Å². The zero-order valence-corrected chi connectivity index (χ0v) is 19.4. The van der Waals surface area contributed by atoms with Gasteiger partial charge >= 0.3 is 0 Å². The number of para-hydroxylation sites is 1. The average molecular weight is 466 g/mol. The number of nitrogens with zero attached hydrogens (tertiary/aromatic N) is 5. The Morgan fingerprint density at radius 2 is 2.16 bits per heavy atom. The number of allylic oxidation sites excluding steroid dienone is 1. The van der Waals surface area contributed by atoms with E-state index in [4.69, 9.17) is 0 Å². The highest BCUT2D eigenvalue weighted by Crippen LogP contribution is 2.35. The topological polar surface area (TPSA) is 72.5 Å². The van der Waals surface area contributed by atoms with E-state index in [-0.39, 0.29) is 23.3 Å². The molecular formula is C23H23N5O2S2. The van der Waals surface area contributed by atoms with Crippen molar-refractivity contribution < 1.29 is 4.79 Å². The third kappa shape index (κ3) is 3.36. The van der Waals surface area contributed by atoms with E-state index in [1.165, 1.54) is 22.2 Å². The van der Waals surface area contributed by atoms with Gasteiger partial charge in [-0.2, -0.15) is 0 Å². The average Bonchev–Trinajstić information content (AvgIpc) is 3.46. The van der Waals surface area contributed by atoms with E-state index in [9.17, 15) is 9.59 Å². The molecule has 3 aromatic heterocycles. The van der Waals surface area contributed by atoms with Gasteiger partial charge in [-0.05, 0) is 42.0 Å². The van der Waals surface area contributed by atoms with Crippen LogP contribution in [0.2, 0.25) is 0 Å². The maximum Gasteiger partial charge on any atom is 0.263 e. The number of fused-ring (bicyclic) bond motifs is 4. The van der Waals surface area contributed by atoms with Crippen LogP contribution in [0.5, 0.6) is 0 Å². The minimum atomic E-state index is -0.126. The Balaban J connectivity index is 1.47. The number of hydrogen-bond acceptors (Lipinski definition) is 6. The van der Waals surface area contributed by atoms with Crippen LogP contribution in [0.15, 0.2) is 58.3 Å². The highest BCUT2D eigenvalue weighted by atomic mass is 32.2. The molecule has 0 bridgehead atoms. The van der Waals surface area contributed by atoms with Gasteiger partial charge in [-0.3, -0.25) is 18.6 Å². The Bertz CT molecular complexity index is 1390. The molecular weight excluding hydrogens is 442 g/mol. The number of benzene rings is 1. The zero-order valence-electron chi connectivity index (χ0n) is 17.7. The van der Waals surface area contributed by atoms with Gasteiger partial charge in [0.25, 0.3) is 5.56 Å². The fraction of sp³-hybridized carbons (Fsp3) is 0.304. The number of carbonyl (C=O) groups excluding carboxylic acids is 1. The predicted octanol–water partition coefficient (Wildman–Crippen LogP) is 3.92. The van der Waals surface area contributed by atoms with Crippen molar-refractivity contribution in [3.05, 3.63) is 69.2 Å². The second kappa shape index (κ2) is 8.55. The molecule has 0 radical (unpaired) electrons. The SMILES string of the molecule is C=CCn1c(=O)c2ccccc2n2c(SCC(=O)N3CCc4sccc4C3CC)nnc12. The van der Waals surface area contributed by atoms with Crippen LogP contribution in [0.4, 0.5) is 0 Å². The van der Waals surface area contributed by atoms with Crippen LogP contribution in [0.3, 0.4) is 0 Å². The van der Waals surface area contributed by atoms with Gasteiger partial charge in [0.05, 0.1) is 22.7 Å². The zero-order chi connectivity index (χ0) is 22.2. The van der Waals surface area contributed by atoms with Gasteiger partial charge in [-0.15, -0.1) is 28.1 Å². The first kappa shape index (κ1) is 21.0. The van der Waals surface area contributed by atoms with Crippen LogP contribution in [0.1, 0.15) is 29.8 Å². The van der Waals surface area contributed by atoms with Gasteiger partial charge < -0.3 is 4.90 Å². The smallest absolute Gasteiger partial charge is 0.263 e. The Morgan fingerprint density at radius 1 is 1.31 bits per heavy atom. The molecule has 5 rings (SSSR count).